The number of benzene rings is 2. The molecule has 0 saturated heterocycles. The highest BCUT2D eigenvalue weighted by Gasteiger charge is 2.30. The van der Waals surface area contributed by atoms with E-state index >= 15 is 0 Å². The number of aromatic nitrogens is 2. The van der Waals surface area contributed by atoms with Crippen LogP contribution in [0, 0.1) is 11.6 Å². The van der Waals surface area contributed by atoms with Crippen LogP contribution in [0.1, 0.15) is 31.2 Å². The van der Waals surface area contributed by atoms with Crippen molar-refractivity contribution in [1.29, 1.82) is 0 Å². The molecule has 0 saturated carbocycles. The molecule has 0 radical (unpaired) electrons. The summed E-state index contributed by atoms with van der Waals surface area (Å²) >= 11 is 0. The molecule has 1 aromatic heterocycles. The van der Waals surface area contributed by atoms with Crippen LogP contribution >= 0.6 is 0 Å². The molecule has 160 valence electrons. The number of nitrogens with zero attached hydrogens (tertiary/aromatic N) is 1. The lowest BCUT2D eigenvalue weighted by Gasteiger charge is -2.28. The molecule has 1 aliphatic rings. The molecule has 3 N–H and O–H groups in total. The molecular weight excluding hydrogens is 406 g/mol. The quantitative estimate of drug-likeness (QED) is 0.579. The molecule has 2 amide bonds. The van der Waals surface area contributed by atoms with Gasteiger partial charge in [-0.1, -0.05) is 6.07 Å². The zero-order chi connectivity index (χ0) is 22.1. The van der Waals surface area contributed by atoms with E-state index in [0.29, 0.717) is 33.5 Å². The number of carbonyl (C=O) groups excluding carboxylic acids is 2. The van der Waals surface area contributed by atoms with Crippen LogP contribution in [0.15, 0.2) is 47.8 Å². The van der Waals surface area contributed by atoms with Gasteiger partial charge >= 0.3 is 0 Å². The first kappa shape index (κ1) is 20.5. The Balaban J connectivity index is 1.60. The third-order valence-corrected chi connectivity index (χ3v) is 5.35. The van der Waals surface area contributed by atoms with Crippen LogP contribution < -0.4 is 15.4 Å². The number of hydrogen-bond donors (Lipinski definition) is 3. The standard InChI is InChI=1S/C22H20F2N4O3/c1-11-15(7-22(30)27-20-5-12-10-25-28-19(12)9-18(20)24)16(8-21(29)26-11)14-4-3-13(31-2)6-17(14)23/h3-6,9-10,16H,7-8H2,1-2H3,(H,25,28)(H,26,29)(H,27,30). The lowest BCUT2D eigenvalue weighted by molar-refractivity contribution is -0.121. The summed E-state index contributed by atoms with van der Waals surface area (Å²) < 4.78 is 34.1. The third kappa shape index (κ3) is 4.11. The van der Waals surface area contributed by atoms with Gasteiger partial charge < -0.3 is 15.4 Å². The van der Waals surface area contributed by atoms with E-state index in [0.717, 1.165) is 0 Å². The van der Waals surface area contributed by atoms with Crippen LogP contribution in [-0.4, -0.2) is 29.1 Å². The van der Waals surface area contributed by atoms with Crippen LogP contribution in [-0.2, 0) is 9.59 Å². The van der Waals surface area contributed by atoms with E-state index in [4.69, 9.17) is 4.74 Å². The van der Waals surface area contributed by atoms with Gasteiger partial charge in [-0.05, 0) is 30.2 Å². The smallest absolute Gasteiger partial charge is 0.228 e. The van der Waals surface area contributed by atoms with Gasteiger partial charge in [0, 0.05) is 35.6 Å². The monoisotopic (exact) mass is 426 g/mol. The molecule has 1 atom stereocenters. The fourth-order valence-electron chi connectivity index (χ4n) is 3.81. The molecule has 1 unspecified atom stereocenters. The van der Waals surface area contributed by atoms with Crippen LogP contribution in [0.5, 0.6) is 5.75 Å². The van der Waals surface area contributed by atoms with Gasteiger partial charge in [0.1, 0.15) is 17.4 Å². The fraction of sp³-hybridized carbons (Fsp3) is 0.227. The van der Waals surface area contributed by atoms with Crippen molar-refractivity contribution < 1.29 is 23.1 Å². The van der Waals surface area contributed by atoms with Gasteiger partial charge in [-0.2, -0.15) is 5.10 Å². The summed E-state index contributed by atoms with van der Waals surface area (Å²) in [6.45, 7) is 1.66. The first-order valence-corrected chi connectivity index (χ1v) is 9.61. The van der Waals surface area contributed by atoms with E-state index in [1.807, 2.05) is 0 Å². The van der Waals surface area contributed by atoms with Crippen LogP contribution in [0.4, 0.5) is 14.5 Å². The van der Waals surface area contributed by atoms with Crippen molar-refractivity contribution in [2.45, 2.75) is 25.7 Å². The number of ether oxygens (including phenoxy) is 1. The maximum atomic E-state index is 14.7. The summed E-state index contributed by atoms with van der Waals surface area (Å²) in [6, 6.07) is 7.13. The number of anilines is 1. The highest BCUT2D eigenvalue weighted by atomic mass is 19.1. The van der Waals surface area contributed by atoms with Crippen molar-refractivity contribution >= 4 is 28.4 Å². The van der Waals surface area contributed by atoms with Gasteiger partial charge in [0.25, 0.3) is 0 Å². The number of halogens is 2. The molecule has 0 bridgehead atoms. The van der Waals surface area contributed by atoms with E-state index in [2.05, 4.69) is 20.8 Å². The highest BCUT2D eigenvalue weighted by Crippen LogP contribution is 2.37. The summed E-state index contributed by atoms with van der Waals surface area (Å²) in [6.07, 6.45) is 1.39. The molecule has 1 aliphatic heterocycles. The Morgan fingerprint density at radius 1 is 1.26 bits per heavy atom. The summed E-state index contributed by atoms with van der Waals surface area (Å²) in [4.78, 5) is 24.8. The van der Waals surface area contributed by atoms with Crippen molar-refractivity contribution in [2.24, 2.45) is 0 Å². The van der Waals surface area contributed by atoms with Crippen molar-refractivity contribution in [3.63, 3.8) is 0 Å². The molecule has 0 fully saturated rings. The number of fused-ring (bicyclic) bond motifs is 1. The molecule has 7 nitrogen and oxygen atoms in total. The Morgan fingerprint density at radius 2 is 2.06 bits per heavy atom. The van der Waals surface area contributed by atoms with E-state index in [1.54, 1.807) is 19.1 Å². The van der Waals surface area contributed by atoms with Crippen molar-refractivity contribution in [3.05, 3.63) is 65.0 Å². The Labute approximate surface area is 176 Å². The van der Waals surface area contributed by atoms with Gasteiger partial charge in [0.05, 0.1) is 30.9 Å². The minimum Gasteiger partial charge on any atom is -0.497 e. The lowest BCUT2D eigenvalue weighted by Crippen LogP contribution is -2.32. The van der Waals surface area contributed by atoms with Crippen LogP contribution in [0.3, 0.4) is 0 Å². The van der Waals surface area contributed by atoms with Gasteiger partial charge in [-0.3, -0.25) is 14.7 Å². The second kappa shape index (κ2) is 8.17. The zero-order valence-electron chi connectivity index (χ0n) is 16.9. The summed E-state index contributed by atoms with van der Waals surface area (Å²) in [5.74, 6) is -2.14. The molecule has 2 heterocycles. The maximum Gasteiger partial charge on any atom is 0.228 e. The second-order valence-electron chi connectivity index (χ2n) is 7.36. The van der Waals surface area contributed by atoms with Crippen molar-refractivity contribution in [3.8, 4) is 5.75 Å². The number of aromatic amines is 1. The highest BCUT2D eigenvalue weighted by molar-refractivity contribution is 5.95. The normalized spacial score (nSPS) is 16.4. The van der Waals surface area contributed by atoms with E-state index in [1.165, 1.54) is 31.5 Å². The van der Waals surface area contributed by atoms with Crippen LogP contribution in [0.2, 0.25) is 0 Å². The Bertz CT molecular complexity index is 1220. The molecule has 3 aromatic rings. The van der Waals surface area contributed by atoms with Crippen molar-refractivity contribution in [1.82, 2.24) is 15.5 Å². The average Bonchev–Trinajstić information content (AvgIpc) is 3.17. The van der Waals surface area contributed by atoms with Gasteiger partial charge in [-0.25, -0.2) is 8.78 Å². The number of nitrogens with one attached hydrogen (secondary N) is 3. The number of H-pyrrole nitrogens is 1. The number of carbonyl (C=O) groups is 2. The average molecular weight is 426 g/mol. The van der Waals surface area contributed by atoms with Gasteiger partial charge in [0.2, 0.25) is 11.8 Å². The topological polar surface area (TPSA) is 96.1 Å². The van der Waals surface area contributed by atoms with E-state index < -0.39 is 23.5 Å². The molecule has 31 heavy (non-hydrogen) atoms. The first-order chi connectivity index (χ1) is 14.9. The molecule has 4 rings (SSSR count). The largest absolute Gasteiger partial charge is 0.497 e. The first-order valence-electron chi connectivity index (χ1n) is 9.61. The van der Waals surface area contributed by atoms with Gasteiger partial charge in [0.15, 0.2) is 0 Å². The summed E-state index contributed by atoms with van der Waals surface area (Å²) in [7, 11) is 1.43. The SMILES string of the molecule is COc1ccc(C2CC(=O)NC(C)=C2CC(=O)Nc2cc3cn[nH]c3cc2F)c(F)c1. The predicted molar refractivity (Wildman–Crippen MR) is 110 cm³/mol. The Kier molecular flexibility index (Phi) is 5.41. The minimum atomic E-state index is -0.619. The lowest BCUT2D eigenvalue weighted by atomic mass is 9.82. The Hall–Kier alpha value is -3.75. The fourth-order valence-corrected chi connectivity index (χ4v) is 3.81. The van der Waals surface area contributed by atoms with E-state index in [9.17, 15) is 18.4 Å². The molecular formula is C22H20F2N4O3. The predicted octanol–water partition coefficient (Wildman–Crippen LogP) is 3.76. The van der Waals surface area contributed by atoms with Crippen molar-refractivity contribution in [2.75, 3.05) is 12.4 Å². The number of hydrogen-bond acceptors (Lipinski definition) is 4. The summed E-state index contributed by atoms with van der Waals surface area (Å²) in [5, 5.41) is 12.4. The molecule has 0 spiro atoms. The molecule has 9 heteroatoms. The van der Waals surface area contributed by atoms with E-state index in [-0.39, 0.29) is 24.4 Å². The molecule has 2 aromatic carbocycles. The summed E-state index contributed by atoms with van der Waals surface area (Å²) in [5.41, 5.74) is 1.87. The molecule has 0 aliphatic carbocycles. The van der Waals surface area contributed by atoms with Gasteiger partial charge in [-0.15, -0.1) is 0 Å². The Morgan fingerprint density at radius 3 is 2.81 bits per heavy atom. The second-order valence-corrected chi connectivity index (χ2v) is 7.36. The number of rotatable bonds is 5. The minimum absolute atomic E-state index is 0.00145. The number of allylic oxidation sites excluding steroid dienone is 1. The maximum absolute atomic E-state index is 14.7. The third-order valence-electron chi connectivity index (χ3n) is 5.35. The number of methoxy groups -OCH3 is 1. The van der Waals surface area contributed by atoms with Crippen LogP contribution in [0.25, 0.3) is 10.9 Å². The zero-order valence-corrected chi connectivity index (χ0v) is 16.9. The number of amides is 2.